The van der Waals surface area contributed by atoms with Crippen LogP contribution in [0.15, 0.2) is 42.5 Å². The summed E-state index contributed by atoms with van der Waals surface area (Å²) < 4.78 is 5.37. The van der Waals surface area contributed by atoms with E-state index in [4.69, 9.17) is 4.74 Å². The number of anilines is 1. The van der Waals surface area contributed by atoms with Crippen LogP contribution in [0, 0.1) is 13.8 Å². The Morgan fingerprint density at radius 3 is 2.47 bits per heavy atom. The van der Waals surface area contributed by atoms with E-state index in [-0.39, 0.29) is 5.97 Å². The van der Waals surface area contributed by atoms with Gasteiger partial charge in [-0.2, -0.15) is 0 Å². The maximum absolute atomic E-state index is 11.7. The number of rotatable bonds is 2. The van der Waals surface area contributed by atoms with Gasteiger partial charge in [0.2, 0.25) is 6.23 Å². The molecule has 0 amide bonds. The van der Waals surface area contributed by atoms with E-state index in [0.717, 1.165) is 11.3 Å². The summed E-state index contributed by atoms with van der Waals surface area (Å²) >= 11 is 0. The first-order chi connectivity index (χ1) is 9.13. The van der Waals surface area contributed by atoms with E-state index in [1.807, 2.05) is 44.2 Å². The highest BCUT2D eigenvalue weighted by Crippen LogP contribution is 2.31. The van der Waals surface area contributed by atoms with E-state index in [2.05, 4.69) is 11.4 Å². The third-order valence-corrected chi connectivity index (χ3v) is 3.21. The lowest BCUT2D eigenvalue weighted by Crippen LogP contribution is -2.10. The van der Waals surface area contributed by atoms with Crippen LogP contribution in [-0.2, 0) is 4.74 Å². The number of aryl methyl sites for hydroxylation is 2. The lowest BCUT2D eigenvalue weighted by atomic mass is 10.1. The van der Waals surface area contributed by atoms with Gasteiger partial charge in [0.15, 0.2) is 0 Å². The molecule has 1 N–H and O–H groups in total. The zero-order valence-corrected chi connectivity index (χ0v) is 10.9. The first-order valence-corrected chi connectivity index (χ1v) is 6.28. The Bertz CT molecular complexity index is 629. The predicted molar refractivity (Wildman–Crippen MR) is 74.1 cm³/mol. The van der Waals surface area contributed by atoms with Crippen molar-refractivity contribution in [1.29, 1.82) is 0 Å². The van der Waals surface area contributed by atoms with Crippen molar-refractivity contribution in [3.63, 3.8) is 0 Å². The van der Waals surface area contributed by atoms with Crippen molar-refractivity contribution >= 4 is 11.7 Å². The molecule has 1 aliphatic heterocycles. The van der Waals surface area contributed by atoms with Crippen molar-refractivity contribution in [3.8, 4) is 0 Å². The molecule has 0 saturated heterocycles. The van der Waals surface area contributed by atoms with Gasteiger partial charge in [-0.25, -0.2) is 4.79 Å². The number of fused-ring (bicyclic) bond motifs is 1. The molecule has 19 heavy (non-hydrogen) atoms. The van der Waals surface area contributed by atoms with Crippen molar-refractivity contribution in [2.75, 3.05) is 5.32 Å². The molecule has 0 aromatic heterocycles. The molecule has 0 unspecified atom stereocenters. The number of ether oxygens (including phenoxy) is 1. The molecule has 0 fully saturated rings. The van der Waals surface area contributed by atoms with Crippen molar-refractivity contribution in [2.45, 2.75) is 20.1 Å². The summed E-state index contributed by atoms with van der Waals surface area (Å²) in [6, 6.07) is 13.7. The van der Waals surface area contributed by atoms with Crippen molar-refractivity contribution < 1.29 is 9.53 Å². The lowest BCUT2D eigenvalue weighted by Gasteiger charge is -2.15. The Hall–Kier alpha value is -2.29. The topological polar surface area (TPSA) is 38.3 Å². The number of benzene rings is 2. The molecule has 96 valence electrons. The molecule has 3 nitrogen and oxygen atoms in total. The number of nitrogens with one attached hydrogen (secondary N) is 1. The lowest BCUT2D eigenvalue weighted by molar-refractivity contribution is 0.0437. The van der Waals surface area contributed by atoms with E-state index in [1.165, 1.54) is 11.1 Å². The minimum absolute atomic E-state index is 0.266. The molecular formula is C16H15NO2. The van der Waals surface area contributed by atoms with Crippen LogP contribution in [0.5, 0.6) is 0 Å². The van der Waals surface area contributed by atoms with E-state index in [9.17, 15) is 4.79 Å². The molecule has 1 heterocycles. The minimum Gasteiger partial charge on any atom is -0.434 e. The molecule has 0 bridgehead atoms. The van der Waals surface area contributed by atoms with Gasteiger partial charge in [-0.3, -0.25) is 0 Å². The first kappa shape index (κ1) is 11.8. The standard InChI is InChI=1S/C16H15NO2/c1-10-7-11(2)9-12(8-10)17-15-13-5-3-4-6-14(13)16(18)19-15/h3-9,15,17H,1-2H3/t15-/m0/s1. The Morgan fingerprint density at radius 1 is 1.05 bits per heavy atom. The highest BCUT2D eigenvalue weighted by molar-refractivity contribution is 5.94. The van der Waals surface area contributed by atoms with Crippen LogP contribution in [0.2, 0.25) is 0 Å². The number of cyclic esters (lactones) is 1. The highest BCUT2D eigenvalue weighted by atomic mass is 16.6. The van der Waals surface area contributed by atoms with Gasteiger partial charge in [0.25, 0.3) is 0 Å². The summed E-state index contributed by atoms with van der Waals surface area (Å²) in [5.41, 5.74) is 4.86. The fourth-order valence-corrected chi connectivity index (χ4v) is 2.46. The molecule has 1 atom stereocenters. The molecular weight excluding hydrogens is 238 g/mol. The summed E-state index contributed by atoms with van der Waals surface area (Å²) in [6.45, 7) is 4.10. The monoisotopic (exact) mass is 253 g/mol. The van der Waals surface area contributed by atoms with Gasteiger partial charge in [-0.05, 0) is 43.2 Å². The Kier molecular flexibility index (Phi) is 2.75. The minimum atomic E-state index is -0.398. The summed E-state index contributed by atoms with van der Waals surface area (Å²) in [7, 11) is 0. The summed E-state index contributed by atoms with van der Waals surface area (Å²) in [4.78, 5) is 11.7. The molecule has 0 radical (unpaired) electrons. The van der Waals surface area contributed by atoms with E-state index in [0.29, 0.717) is 5.56 Å². The number of esters is 1. The van der Waals surface area contributed by atoms with Gasteiger partial charge in [0, 0.05) is 11.3 Å². The molecule has 0 spiro atoms. The smallest absolute Gasteiger partial charge is 0.340 e. The number of carbonyl (C=O) groups is 1. The van der Waals surface area contributed by atoms with Gasteiger partial charge in [-0.1, -0.05) is 24.3 Å². The quantitative estimate of drug-likeness (QED) is 0.831. The van der Waals surface area contributed by atoms with Gasteiger partial charge >= 0.3 is 5.97 Å². The molecule has 1 aliphatic rings. The van der Waals surface area contributed by atoms with Crippen molar-refractivity contribution in [3.05, 3.63) is 64.7 Å². The SMILES string of the molecule is Cc1cc(C)cc(N[C@H]2OC(=O)c3ccccc32)c1. The Labute approximate surface area is 112 Å². The Morgan fingerprint density at radius 2 is 1.74 bits per heavy atom. The average molecular weight is 253 g/mol. The largest absolute Gasteiger partial charge is 0.434 e. The number of hydrogen-bond donors (Lipinski definition) is 1. The Balaban J connectivity index is 1.91. The van der Waals surface area contributed by atoms with E-state index >= 15 is 0 Å². The fourth-order valence-electron chi connectivity index (χ4n) is 2.46. The van der Waals surface area contributed by atoms with Crippen LogP contribution in [0.3, 0.4) is 0 Å². The summed E-state index contributed by atoms with van der Waals surface area (Å²) in [5, 5.41) is 3.27. The second-order valence-electron chi connectivity index (χ2n) is 4.89. The number of carbonyl (C=O) groups excluding carboxylic acids is 1. The second kappa shape index (κ2) is 4.43. The third-order valence-electron chi connectivity index (χ3n) is 3.21. The molecule has 3 rings (SSSR count). The van der Waals surface area contributed by atoms with Crippen LogP contribution in [0.25, 0.3) is 0 Å². The first-order valence-electron chi connectivity index (χ1n) is 6.28. The van der Waals surface area contributed by atoms with E-state index < -0.39 is 6.23 Å². The summed E-state index contributed by atoms with van der Waals surface area (Å²) in [5.74, 6) is -0.266. The fraction of sp³-hybridized carbons (Fsp3) is 0.188. The maximum atomic E-state index is 11.7. The van der Waals surface area contributed by atoms with E-state index in [1.54, 1.807) is 6.07 Å². The third kappa shape index (κ3) is 2.19. The van der Waals surface area contributed by atoms with Crippen LogP contribution in [0.1, 0.15) is 33.3 Å². The van der Waals surface area contributed by atoms with Crippen LogP contribution < -0.4 is 5.32 Å². The molecule has 2 aromatic carbocycles. The molecule has 0 aliphatic carbocycles. The maximum Gasteiger partial charge on any atom is 0.340 e. The average Bonchev–Trinajstić information content (AvgIpc) is 2.66. The highest BCUT2D eigenvalue weighted by Gasteiger charge is 2.30. The normalized spacial score (nSPS) is 16.9. The molecule has 3 heteroatoms. The zero-order valence-electron chi connectivity index (χ0n) is 10.9. The second-order valence-corrected chi connectivity index (χ2v) is 4.89. The summed E-state index contributed by atoms with van der Waals surface area (Å²) in [6.07, 6.45) is -0.398. The van der Waals surface area contributed by atoms with Gasteiger partial charge < -0.3 is 10.1 Å². The van der Waals surface area contributed by atoms with Crippen LogP contribution in [-0.4, -0.2) is 5.97 Å². The van der Waals surface area contributed by atoms with Crippen molar-refractivity contribution in [2.24, 2.45) is 0 Å². The van der Waals surface area contributed by atoms with Crippen LogP contribution >= 0.6 is 0 Å². The van der Waals surface area contributed by atoms with Gasteiger partial charge in [0.1, 0.15) is 0 Å². The predicted octanol–water partition coefficient (Wildman–Crippen LogP) is 3.58. The zero-order chi connectivity index (χ0) is 13.4. The van der Waals surface area contributed by atoms with Crippen LogP contribution in [0.4, 0.5) is 5.69 Å². The van der Waals surface area contributed by atoms with Crippen molar-refractivity contribution in [1.82, 2.24) is 0 Å². The van der Waals surface area contributed by atoms with Gasteiger partial charge in [-0.15, -0.1) is 0 Å². The number of hydrogen-bond acceptors (Lipinski definition) is 3. The molecule has 2 aromatic rings. The molecule has 0 saturated carbocycles. The van der Waals surface area contributed by atoms with Gasteiger partial charge in [0.05, 0.1) is 5.56 Å².